The zero-order chi connectivity index (χ0) is 18.2. The quantitative estimate of drug-likeness (QED) is 0.534. The van der Waals surface area contributed by atoms with Crippen molar-refractivity contribution in [3.05, 3.63) is 28.7 Å². The number of amides is 1. The summed E-state index contributed by atoms with van der Waals surface area (Å²) in [5, 5.41) is 6.12. The molecule has 0 bridgehead atoms. The molecule has 3 N–H and O–H groups in total. The molecule has 0 spiro atoms. The van der Waals surface area contributed by atoms with Gasteiger partial charge in [-0.25, -0.2) is 13.1 Å². The van der Waals surface area contributed by atoms with Crippen LogP contribution in [0.4, 0.5) is 0 Å². The summed E-state index contributed by atoms with van der Waals surface area (Å²) in [6.45, 7) is 7.72. The van der Waals surface area contributed by atoms with E-state index in [1.807, 2.05) is 0 Å². The van der Waals surface area contributed by atoms with Crippen LogP contribution in [0.2, 0.25) is 0 Å². The molecule has 24 heavy (non-hydrogen) atoms. The number of hydrogen-bond donors (Lipinski definition) is 3. The van der Waals surface area contributed by atoms with E-state index in [9.17, 15) is 13.2 Å². The van der Waals surface area contributed by atoms with E-state index >= 15 is 0 Å². The Morgan fingerprint density at radius 1 is 1.08 bits per heavy atom. The molecule has 0 atom stereocenters. The highest BCUT2D eigenvalue weighted by molar-refractivity contribution is 9.10. The predicted molar refractivity (Wildman–Crippen MR) is 99.3 cm³/mol. The Hall–Kier alpha value is -0.960. The van der Waals surface area contributed by atoms with Gasteiger partial charge in [-0.15, -0.1) is 0 Å². The van der Waals surface area contributed by atoms with Crippen LogP contribution in [-0.2, 0) is 14.8 Å². The summed E-state index contributed by atoms with van der Waals surface area (Å²) in [7, 11) is -3.58. The fourth-order valence-electron chi connectivity index (χ4n) is 1.86. The lowest BCUT2D eigenvalue weighted by molar-refractivity contribution is -0.120. The number of rotatable bonds is 9. The highest BCUT2D eigenvalue weighted by Gasteiger charge is 2.14. The largest absolute Gasteiger partial charge is 0.356 e. The van der Waals surface area contributed by atoms with Crippen molar-refractivity contribution in [1.29, 1.82) is 0 Å². The molecule has 0 aliphatic heterocycles. The van der Waals surface area contributed by atoms with E-state index in [-0.39, 0.29) is 29.3 Å². The number of benzene rings is 1. The third-order valence-corrected chi connectivity index (χ3v) is 5.10. The van der Waals surface area contributed by atoms with Crippen molar-refractivity contribution < 1.29 is 13.2 Å². The Labute approximate surface area is 153 Å². The number of carbonyl (C=O) groups is 1. The SMILES string of the molecule is CC(C)(C)NCCCNC(=O)CCNS(=O)(=O)c1ccc(Br)cc1. The van der Waals surface area contributed by atoms with Gasteiger partial charge in [0.15, 0.2) is 0 Å². The van der Waals surface area contributed by atoms with Gasteiger partial charge in [-0.2, -0.15) is 0 Å². The minimum Gasteiger partial charge on any atom is -0.356 e. The molecule has 6 nitrogen and oxygen atoms in total. The van der Waals surface area contributed by atoms with Crippen LogP contribution in [0.3, 0.4) is 0 Å². The van der Waals surface area contributed by atoms with E-state index in [4.69, 9.17) is 0 Å². The first kappa shape index (κ1) is 21.1. The summed E-state index contributed by atoms with van der Waals surface area (Å²) in [5.41, 5.74) is 0.0648. The molecule has 1 rings (SSSR count). The van der Waals surface area contributed by atoms with Crippen LogP contribution in [0, 0.1) is 0 Å². The van der Waals surface area contributed by atoms with Crippen LogP contribution in [-0.4, -0.2) is 39.5 Å². The lowest BCUT2D eigenvalue weighted by atomic mass is 10.1. The van der Waals surface area contributed by atoms with Crippen LogP contribution in [0.1, 0.15) is 33.6 Å². The van der Waals surface area contributed by atoms with E-state index < -0.39 is 10.0 Å². The Morgan fingerprint density at radius 3 is 2.29 bits per heavy atom. The molecule has 0 fully saturated rings. The molecule has 136 valence electrons. The van der Waals surface area contributed by atoms with Gasteiger partial charge in [-0.3, -0.25) is 4.79 Å². The van der Waals surface area contributed by atoms with Crippen molar-refractivity contribution >= 4 is 31.9 Å². The first-order valence-corrected chi connectivity index (χ1v) is 10.1. The fraction of sp³-hybridized carbons (Fsp3) is 0.562. The van der Waals surface area contributed by atoms with Gasteiger partial charge >= 0.3 is 0 Å². The summed E-state index contributed by atoms with van der Waals surface area (Å²) < 4.78 is 27.3. The predicted octanol–water partition coefficient (Wildman–Crippen LogP) is 2.01. The molecule has 0 aliphatic carbocycles. The van der Waals surface area contributed by atoms with Crippen LogP contribution in [0.5, 0.6) is 0 Å². The molecule has 0 saturated heterocycles. The van der Waals surface area contributed by atoms with Gasteiger partial charge in [0.05, 0.1) is 4.90 Å². The highest BCUT2D eigenvalue weighted by atomic mass is 79.9. The Bertz CT molecular complexity index is 625. The third kappa shape index (κ3) is 8.77. The van der Waals surface area contributed by atoms with Crippen molar-refractivity contribution in [3.8, 4) is 0 Å². The Morgan fingerprint density at radius 2 is 1.71 bits per heavy atom. The number of carbonyl (C=O) groups excluding carboxylic acids is 1. The van der Waals surface area contributed by atoms with E-state index in [1.54, 1.807) is 12.1 Å². The van der Waals surface area contributed by atoms with Gasteiger partial charge < -0.3 is 10.6 Å². The van der Waals surface area contributed by atoms with Gasteiger partial charge in [0.2, 0.25) is 15.9 Å². The van der Waals surface area contributed by atoms with Gasteiger partial charge in [-0.05, 0) is 58.0 Å². The summed E-state index contributed by atoms with van der Waals surface area (Å²) in [5.74, 6) is -0.163. The molecule has 1 amide bonds. The third-order valence-electron chi connectivity index (χ3n) is 3.10. The van der Waals surface area contributed by atoms with Gasteiger partial charge in [0.25, 0.3) is 0 Å². The summed E-state index contributed by atoms with van der Waals surface area (Å²) >= 11 is 3.26. The van der Waals surface area contributed by atoms with Crippen LogP contribution in [0.25, 0.3) is 0 Å². The van der Waals surface area contributed by atoms with Gasteiger partial charge in [0.1, 0.15) is 0 Å². The zero-order valence-corrected chi connectivity index (χ0v) is 16.8. The molecule has 0 radical (unpaired) electrons. The van der Waals surface area contributed by atoms with E-state index in [0.717, 1.165) is 17.4 Å². The highest BCUT2D eigenvalue weighted by Crippen LogP contribution is 2.14. The van der Waals surface area contributed by atoms with Crippen LogP contribution >= 0.6 is 15.9 Å². The summed E-state index contributed by atoms with van der Waals surface area (Å²) in [6, 6.07) is 6.34. The minimum absolute atomic E-state index is 0.0648. The van der Waals surface area contributed by atoms with E-state index in [2.05, 4.69) is 52.1 Å². The number of nitrogens with one attached hydrogen (secondary N) is 3. The first-order valence-electron chi connectivity index (χ1n) is 7.87. The van der Waals surface area contributed by atoms with Crippen molar-refractivity contribution in [2.24, 2.45) is 0 Å². The number of hydrogen-bond acceptors (Lipinski definition) is 4. The second-order valence-electron chi connectivity index (χ2n) is 6.48. The molecule has 0 aliphatic rings. The summed E-state index contributed by atoms with van der Waals surface area (Å²) in [4.78, 5) is 11.9. The standard InChI is InChI=1S/C16H26BrN3O3S/c1-16(2,3)19-11-4-10-18-15(21)9-12-20-24(22,23)14-7-5-13(17)6-8-14/h5-8,19-20H,4,9-12H2,1-3H3,(H,18,21). The molecule has 0 saturated carbocycles. The van der Waals surface area contributed by atoms with Crippen LogP contribution in [0.15, 0.2) is 33.6 Å². The normalized spacial score (nSPS) is 12.2. The zero-order valence-electron chi connectivity index (χ0n) is 14.4. The number of sulfonamides is 1. The maximum atomic E-state index is 12.1. The molecule has 8 heteroatoms. The monoisotopic (exact) mass is 419 g/mol. The van der Waals surface area contributed by atoms with E-state index in [0.29, 0.717) is 6.54 Å². The molecular formula is C16H26BrN3O3S. The number of halogens is 1. The van der Waals surface area contributed by atoms with Crippen molar-refractivity contribution in [1.82, 2.24) is 15.4 Å². The Kier molecular flexibility index (Phi) is 8.35. The molecular weight excluding hydrogens is 394 g/mol. The molecule has 0 unspecified atom stereocenters. The van der Waals surface area contributed by atoms with Crippen molar-refractivity contribution in [3.63, 3.8) is 0 Å². The lowest BCUT2D eigenvalue weighted by Gasteiger charge is -2.20. The second-order valence-corrected chi connectivity index (χ2v) is 9.16. The smallest absolute Gasteiger partial charge is 0.240 e. The first-order chi connectivity index (χ1) is 11.1. The maximum Gasteiger partial charge on any atom is 0.240 e. The van der Waals surface area contributed by atoms with Crippen LogP contribution < -0.4 is 15.4 Å². The minimum atomic E-state index is -3.58. The second kappa shape index (κ2) is 9.50. The summed E-state index contributed by atoms with van der Waals surface area (Å²) in [6.07, 6.45) is 0.941. The average molecular weight is 420 g/mol. The molecule has 1 aromatic carbocycles. The topological polar surface area (TPSA) is 87.3 Å². The molecule has 0 aromatic heterocycles. The molecule has 1 aromatic rings. The van der Waals surface area contributed by atoms with Gasteiger partial charge in [0, 0.05) is 29.5 Å². The maximum absolute atomic E-state index is 12.1. The Balaban J connectivity index is 2.24. The fourth-order valence-corrected chi connectivity index (χ4v) is 3.16. The average Bonchev–Trinajstić information content (AvgIpc) is 2.46. The van der Waals surface area contributed by atoms with E-state index in [1.165, 1.54) is 12.1 Å². The van der Waals surface area contributed by atoms with Gasteiger partial charge in [-0.1, -0.05) is 15.9 Å². The van der Waals surface area contributed by atoms with Crippen molar-refractivity contribution in [2.45, 2.75) is 44.0 Å². The van der Waals surface area contributed by atoms with Crippen molar-refractivity contribution in [2.75, 3.05) is 19.6 Å². The molecule has 0 heterocycles. The lowest BCUT2D eigenvalue weighted by Crippen LogP contribution is -2.38.